The summed E-state index contributed by atoms with van der Waals surface area (Å²) in [6.07, 6.45) is 0. The van der Waals surface area contributed by atoms with Gasteiger partial charge in [-0.3, -0.25) is 4.79 Å². The molecule has 0 saturated carbocycles. The third-order valence-electron chi connectivity index (χ3n) is 3.89. The molecule has 0 spiro atoms. The number of carbonyl (C=O) groups is 1. The van der Waals surface area contributed by atoms with Gasteiger partial charge < -0.3 is 14.5 Å². The molecule has 1 aromatic heterocycles. The molecule has 0 saturated heterocycles. The molecule has 7 nitrogen and oxygen atoms in total. The zero-order valence-electron chi connectivity index (χ0n) is 16.4. The minimum Gasteiger partial charge on any atom is -0.486 e. The average molecular weight is 493 g/mol. The van der Waals surface area contributed by atoms with E-state index in [1.165, 1.54) is 24.3 Å². The molecule has 0 fully saturated rings. The summed E-state index contributed by atoms with van der Waals surface area (Å²) in [4.78, 5) is 12.5. The summed E-state index contributed by atoms with van der Waals surface area (Å²) >= 11 is 3.36. The summed E-state index contributed by atoms with van der Waals surface area (Å²) in [6, 6.07) is 16.3. The van der Waals surface area contributed by atoms with Crippen molar-refractivity contribution in [1.29, 1.82) is 0 Å². The molecule has 0 aliphatic carbocycles. The van der Waals surface area contributed by atoms with Crippen LogP contribution in [0.3, 0.4) is 0 Å². The second-order valence-corrected chi connectivity index (χ2v) is 9.39. The van der Waals surface area contributed by atoms with Crippen molar-refractivity contribution in [2.24, 2.45) is 0 Å². The number of halogens is 1. The summed E-state index contributed by atoms with van der Waals surface area (Å²) in [6.45, 7) is 3.67. The van der Waals surface area contributed by atoms with Gasteiger partial charge in [-0.15, -0.1) is 0 Å². The van der Waals surface area contributed by atoms with Crippen LogP contribution in [0.5, 0.6) is 5.75 Å². The number of furan rings is 1. The lowest BCUT2D eigenvalue weighted by atomic mass is 10.3. The number of rotatable bonds is 8. The van der Waals surface area contributed by atoms with Crippen molar-refractivity contribution in [3.05, 3.63) is 76.7 Å². The lowest BCUT2D eigenvalue weighted by Crippen LogP contribution is -2.30. The molecule has 0 bridgehead atoms. The molecule has 0 unspecified atom stereocenters. The molecule has 1 heterocycles. The van der Waals surface area contributed by atoms with Gasteiger partial charge in [0.05, 0.1) is 4.90 Å². The van der Waals surface area contributed by atoms with E-state index >= 15 is 0 Å². The monoisotopic (exact) mass is 492 g/mol. The molecule has 3 aromatic rings. The topological polar surface area (TPSA) is 97.6 Å². The maximum atomic E-state index is 12.4. The normalized spacial score (nSPS) is 11.5. The van der Waals surface area contributed by atoms with E-state index in [4.69, 9.17) is 9.15 Å². The highest BCUT2D eigenvalue weighted by Gasteiger charge is 2.16. The van der Waals surface area contributed by atoms with Gasteiger partial charge in [0.25, 0.3) is 5.91 Å². The van der Waals surface area contributed by atoms with Gasteiger partial charge in [0, 0.05) is 16.2 Å². The van der Waals surface area contributed by atoms with Crippen LogP contribution in [0.1, 0.15) is 30.2 Å². The fraction of sp³-hybridized carbons (Fsp3) is 0.190. The van der Waals surface area contributed by atoms with Crippen LogP contribution in [0, 0.1) is 0 Å². The number of benzene rings is 2. The molecule has 3 rings (SSSR count). The number of ether oxygens (including phenoxy) is 1. The Morgan fingerprint density at radius 2 is 1.70 bits per heavy atom. The van der Waals surface area contributed by atoms with E-state index in [0.717, 1.165) is 4.47 Å². The highest BCUT2D eigenvalue weighted by molar-refractivity contribution is 9.10. The van der Waals surface area contributed by atoms with E-state index in [9.17, 15) is 13.2 Å². The quantitative estimate of drug-likeness (QED) is 0.480. The van der Waals surface area contributed by atoms with Crippen molar-refractivity contribution in [1.82, 2.24) is 4.72 Å². The van der Waals surface area contributed by atoms with Gasteiger partial charge in [0.2, 0.25) is 10.0 Å². The van der Waals surface area contributed by atoms with Gasteiger partial charge in [-0.05, 0) is 74.5 Å². The number of sulfonamides is 1. The Morgan fingerprint density at radius 1 is 1.03 bits per heavy atom. The summed E-state index contributed by atoms with van der Waals surface area (Å²) < 4.78 is 38.9. The molecule has 1 amide bonds. The van der Waals surface area contributed by atoms with Gasteiger partial charge in [-0.25, -0.2) is 13.1 Å². The highest BCUT2D eigenvalue weighted by atomic mass is 79.9. The van der Waals surface area contributed by atoms with Crippen molar-refractivity contribution in [2.75, 3.05) is 5.32 Å². The predicted molar refractivity (Wildman–Crippen MR) is 117 cm³/mol. The molecule has 0 aliphatic heterocycles. The van der Waals surface area contributed by atoms with E-state index in [-0.39, 0.29) is 23.3 Å². The Hall–Kier alpha value is -2.62. The molecule has 158 valence electrons. The summed E-state index contributed by atoms with van der Waals surface area (Å²) in [5.74, 6) is 0.871. The van der Waals surface area contributed by atoms with Crippen molar-refractivity contribution in [3.63, 3.8) is 0 Å². The minimum atomic E-state index is -3.58. The lowest BCUT2D eigenvalue weighted by molar-refractivity contribution is 0.0992. The first kappa shape index (κ1) is 22.1. The number of carbonyl (C=O) groups excluding carboxylic acids is 1. The molecular formula is C21H21BrN2O5S. The molecule has 30 heavy (non-hydrogen) atoms. The Bertz CT molecular complexity index is 1110. The Balaban J connectivity index is 1.59. The smallest absolute Gasteiger partial charge is 0.291 e. The fourth-order valence-electron chi connectivity index (χ4n) is 2.55. The number of nitrogens with one attached hydrogen (secondary N) is 2. The maximum Gasteiger partial charge on any atom is 0.291 e. The molecule has 0 atom stereocenters. The maximum absolute atomic E-state index is 12.4. The molecular weight excluding hydrogens is 472 g/mol. The number of hydrogen-bond donors (Lipinski definition) is 2. The first-order valence-corrected chi connectivity index (χ1v) is 11.4. The van der Waals surface area contributed by atoms with E-state index < -0.39 is 15.9 Å². The first-order chi connectivity index (χ1) is 14.2. The third kappa shape index (κ3) is 5.94. The standard InChI is InChI=1S/C21H21BrN2O5S/c1-14(2)24-30(26,27)19-10-5-16(6-11-19)23-21(25)20-12-9-18(29-20)13-28-17-7-3-15(22)4-8-17/h3-12,14,24H,13H2,1-2H3,(H,23,25). The summed E-state index contributed by atoms with van der Waals surface area (Å²) in [5, 5.41) is 2.68. The second kappa shape index (κ2) is 9.46. The zero-order chi connectivity index (χ0) is 21.7. The Kier molecular flexibility index (Phi) is 6.96. The van der Waals surface area contributed by atoms with E-state index in [1.807, 2.05) is 24.3 Å². The molecule has 0 radical (unpaired) electrons. The largest absolute Gasteiger partial charge is 0.486 e. The van der Waals surface area contributed by atoms with Crippen LogP contribution in [0.4, 0.5) is 5.69 Å². The number of amides is 1. The molecule has 2 aromatic carbocycles. The molecule has 9 heteroatoms. The van der Waals surface area contributed by atoms with E-state index in [0.29, 0.717) is 17.2 Å². The fourth-order valence-corrected chi connectivity index (χ4v) is 4.07. The highest BCUT2D eigenvalue weighted by Crippen LogP contribution is 2.19. The number of anilines is 1. The first-order valence-electron chi connectivity index (χ1n) is 9.14. The van der Waals surface area contributed by atoms with E-state index in [2.05, 4.69) is 26.0 Å². The predicted octanol–water partition coefficient (Wildman–Crippen LogP) is 4.56. The average Bonchev–Trinajstić information content (AvgIpc) is 3.16. The third-order valence-corrected chi connectivity index (χ3v) is 6.10. The van der Waals surface area contributed by atoms with Crippen LogP contribution in [0.25, 0.3) is 0 Å². The van der Waals surface area contributed by atoms with Crippen LogP contribution in [0.15, 0.2) is 74.4 Å². The van der Waals surface area contributed by atoms with Crippen LogP contribution < -0.4 is 14.8 Å². The SMILES string of the molecule is CC(C)NS(=O)(=O)c1ccc(NC(=O)c2ccc(COc3ccc(Br)cc3)o2)cc1. The summed E-state index contributed by atoms with van der Waals surface area (Å²) in [7, 11) is -3.58. The van der Waals surface area contributed by atoms with Crippen molar-refractivity contribution >= 4 is 37.5 Å². The van der Waals surface area contributed by atoms with Gasteiger partial charge in [-0.1, -0.05) is 15.9 Å². The minimum absolute atomic E-state index is 0.125. The Labute approximate surface area is 183 Å². The van der Waals surface area contributed by atoms with Gasteiger partial charge in [-0.2, -0.15) is 0 Å². The summed E-state index contributed by atoms with van der Waals surface area (Å²) in [5.41, 5.74) is 0.451. The van der Waals surface area contributed by atoms with Gasteiger partial charge >= 0.3 is 0 Å². The molecule has 2 N–H and O–H groups in total. The van der Waals surface area contributed by atoms with Crippen LogP contribution in [0.2, 0.25) is 0 Å². The zero-order valence-corrected chi connectivity index (χ0v) is 18.8. The van der Waals surface area contributed by atoms with Crippen molar-refractivity contribution in [3.8, 4) is 5.75 Å². The van der Waals surface area contributed by atoms with Crippen LogP contribution in [-0.2, 0) is 16.6 Å². The van der Waals surface area contributed by atoms with Crippen molar-refractivity contribution < 1.29 is 22.4 Å². The van der Waals surface area contributed by atoms with Gasteiger partial charge in [0.15, 0.2) is 5.76 Å². The van der Waals surface area contributed by atoms with Gasteiger partial charge in [0.1, 0.15) is 18.1 Å². The second-order valence-electron chi connectivity index (χ2n) is 6.76. The van der Waals surface area contributed by atoms with Crippen molar-refractivity contribution in [2.45, 2.75) is 31.4 Å². The molecule has 0 aliphatic rings. The number of hydrogen-bond acceptors (Lipinski definition) is 5. The van der Waals surface area contributed by atoms with E-state index in [1.54, 1.807) is 26.0 Å². The lowest BCUT2D eigenvalue weighted by Gasteiger charge is -2.10. The Morgan fingerprint density at radius 3 is 2.33 bits per heavy atom. The van der Waals surface area contributed by atoms with Crippen LogP contribution in [-0.4, -0.2) is 20.4 Å². The van der Waals surface area contributed by atoms with Crippen LogP contribution >= 0.6 is 15.9 Å².